The van der Waals surface area contributed by atoms with E-state index >= 15 is 0 Å². The van der Waals surface area contributed by atoms with E-state index in [2.05, 4.69) is 48.9 Å². The first-order chi connectivity index (χ1) is 13.1. The van der Waals surface area contributed by atoms with E-state index in [1.807, 2.05) is 30.3 Å². The first kappa shape index (κ1) is 17.4. The number of aryl methyl sites for hydroxylation is 2. The number of nitro groups is 1. The molecule has 0 amide bonds. The maximum absolute atomic E-state index is 10.9. The third-order valence-electron chi connectivity index (χ3n) is 4.68. The zero-order valence-corrected chi connectivity index (χ0v) is 15.9. The summed E-state index contributed by atoms with van der Waals surface area (Å²) in [7, 11) is 2.09. The van der Waals surface area contributed by atoms with Gasteiger partial charge in [0.2, 0.25) is 0 Å². The second-order valence-corrected chi connectivity index (χ2v) is 7.51. The molecule has 0 saturated heterocycles. The van der Waals surface area contributed by atoms with Gasteiger partial charge in [-0.05, 0) is 30.2 Å². The summed E-state index contributed by atoms with van der Waals surface area (Å²) >= 11 is 1.65. The second-order valence-electron chi connectivity index (χ2n) is 6.43. The van der Waals surface area contributed by atoms with E-state index in [-0.39, 0.29) is 10.6 Å². The Kier molecular flexibility index (Phi) is 4.46. The van der Waals surface area contributed by atoms with Gasteiger partial charge in [-0.15, -0.1) is 0 Å². The van der Waals surface area contributed by atoms with Crippen molar-refractivity contribution >= 4 is 28.4 Å². The Morgan fingerprint density at radius 2 is 1.63 bits per heavy atom. The number of nitrogens with zero attached hydrogens (tertiary/aromatic N) is 2. The number of benzene rings is 3. The Morgan fingerprint density at radius 3 is 2.30 bits per heavy atom. The molecule has 0 aliphatic rings. The minimum atomic E-state index is -0.370. The topological polar surface area (TPSA) is 48.1 Å². The smallest absolute Gasteiger partial charge is 0.269 e. The van der Waals surface area contributed by atoms with E-state index in [1.165, 1.54) is 16.5 Å². The van der Waals surface area contributed by atoms with Crippen LogP contribution in [0.15, 0.2) is 82.6 Å². The third-order valence-corrected chi connectivity index (χ3v) is 5.81. The molecule has 134 valence electrons. The summed E-state index contributed by atoms with van der Waals surface area (Å²) in [5.74, 6) is 0. The molecule has 0 spiro atoms. The zero-order chi connectivity index (χ0) is 19.0. The van der Waals surface area contributed by atoms with Crippen LogP contribution in [-0.2, 0) is 7.05 Å². The van der Waals surface area contributed by atoms with E-state index in [0.717, 1.165) is 21.0 Å². The Morgan fingerprint density at radius 1 is 0.926 bits per heavy atom. The predicted molar refractivity (Wildman–Crippen MR) is 110 cm³/mol. The van der Waals surface area contributed by atoms with Gasteiger partial charge in [-0.25, -0.2) is 0 Å². The molecule has 0 fully saturated rings. The van der Waals surface area contributed by atoms with Gasteiger partial charge in [0.25, 0.3) is 5.69 Å². The molecule has 0 N–H and O–H groups in total. The number of fused-ring (bicyclic) bond motifs is 1. The molecule has 0 saturated carbocycles. The van der Waals surface area contributed by atoms with Crippen molar-refractivity contribution in [1.29, 1.82) is 0 Å². The average molecular weight is 374 g/mol. The van der Waals surface area contributed by atoms with Gasteiger partial charge in [-0.2, -0.15) is 0 Å². The number of hydrogen-bond acceptors (Lipinski definition) is 3. The molecule has 4 nitrogen and oxygen atoms in total. The molecular formula is C22H18N2O2S. The van der Waals surface area contributed by atoms with Gasteiger partial charge in [0.1, 0.15) is 0 Å². The van der Waals surface area contributed by atoms with Crippen molar-refractivity contribution in [3.8, 4) is 11.3 Å². The Labute approximate surface area is 161 Å². The molecule has 4 rings (SSSR count). The molecule has 0 aliphatic carbocycles. The van der Waals surface area contributed by atoms with Gasteiger partial charge in [0, 0.05) is 34.4 Å². The lowest BCUT2D eigenvalue weighted by molar-refractivity contribution is -0.384. The van der Waals surface area contributed by atoms with Crippen LogP contribution >= 0.6 is 11.8 Å². The van der Waals surface area contributed by atoms with Crippen LogP contribution < -0.4 is 0 Å². The van der Waals surface area contributed by atoms with Crippen molar-refractivity contribution in [2.24, 2.45) is 7.05 Å². The lowest BCUT2D eigenvalue weighted by Gasteiger charge is -2.08. The van der Waals surface area contributed by atoms with Crippen molar-refractivity contribution < 1.29 is 4.92 Å². The normalized spacial score (nSPS) is 11.0. The van der Waals surface area contributed by atoms with Crippen molar-refractivity contribution in [3.05, 3.63) is 88.5 Å². The summed E-state index contributed by atoms with van der Waals surface area (Å²) in [4.78, 5) is 12.7. The molecule has 0 bridgehead atoms. The first-order valence-corrected chi connectivity index (χ1v) is 9.43. The summed E-state index contributed by atoms with van der Waals surface area (Å²) in [6.45, 7) is 2.12. The van der Waals surface area contributed by atoms with Crippen LogP contribution in [0.3, 0.4) is 0 Å². The van der Waals surface area contributed by atoms with Gasteiger partial charge in [0.15, 0.2) is 0 Å². The lowest BCUT2D eigenvalue weighted by atomic mass is 10.1. The van der Waals surface area contributed by atoms with Crippen molar-refractivity contribution in [2.45, 2.75) is 16.7 Å². The first-order valence-electron chi connectivity index (χ1n) is 8.62. The van der Waals surface area contributed by atoms with Gasteiger partial charge in [-0.1, -0.05) is 60.3 Å². The van der Waals surface area contributed by atoms with Crippen LogP contribution in [0.2, 0.25) is 0 Å². The fourth-order valence-corrected chi connectivity index (χ4v) is 4.59. The van der Waals surface area contributed by atoms with Crippen molar-refractivity contribution in [2.75, 3.05) is 0 Å². The molecule has 27 heavy (non-hydrogen) atoms. The highest BCUT2D eigenvalue weighted by molar-refractivity contribution is 7.99. The van der Waals surface area contributed by atoms with Crippen LogP contribution in [0, 0.1) is 17.0 Å². The number of rotatable bonds is 4. The van der Waals surface area contributed by atoms with Crippen LogP contribution in [0.1, 0.15) is 5.56 Å². The lowest BCUT2D eigenvalue weighted by Crippen LogP contribution is -1.93. The van der Waals surface area contributed by atoms with Crippen LogP contribution in [-0.4, -0.2) is 9.49 Å². The molecule has 3 aromatic carbocycles. The second kappa shape index (κ2) is 6.93. The van der Waals surface area contributed by atoms with E-state index in [1.54, 1.807) is 23.9 Å². The molecule has 0 aliphatic heterocycles. The van der Waals surface area contributed by atoms with E-state index in [9.17, 15) is 10.1 Å². The Balaban J connectivity index is 1.90. The molecule has 0 unspecified atom stereocenters. The fourth-order valence-electron chi connectivity index (χ4n) is 3.46. The number of aromatic nitrogens is 1. The highest BCUT2D eigenvalue weighted by atomic mass is 32.2. The monoisotopic (exact) mass is 374 g/mol. The average Bonchev–Trinajstić information content (AvgIpc) is 2.96. The van der Waals surface area contributed by atoms with Gasteiger partial charge >= 0.3 is 0 Å². The van der Waals surface area contributed by atoms with E-state index in [0.29, 0.717) is 0 Å². The zero-order valence-electron chi connectivity index (χ0n) is 15.0. The molecule has 0 atom stereocenters. The molecule has 1 heterocycles. The van der Waals surface area contributed by atoms with E-state index < -0.39 is 0 Å². The predicted octanol–water partition coefficient (Wildman–Crippen LogP) is 6.21. The third kappa shape index (κ3) is 3.11. The summed E-state index contributed by atoms with van der Waals surface area (Å²) < 4.78 is 2.24. The van der Waals surface area contributed by atoms with Gasteiger partial charge in [-0.3, -0.25) is 10.1 Å². The quantitative estimate of drug-likeness (QED) is 0.315. The molecule has 0 radical (unpaired) electrons. The molecule has 5 heteroatoms. The maximum atomic E-state index is 10.9. The van der Waals surface area contributed by atoms with Crippen LogP contribution in [0.25, 0.3) is 22.2 Å². The largest absolute Gasteiger partial charge is 0.342 e. The summed E-state index contributed by atoms with van der Waals surface area (Å²) in [6, 6.07) is 23.4. The number of nitro benzene ring substituents is 1. The molecular weight excluding hydrogens is 356 g/mol. The number of para-hydroxylation sites is 1. The standard InChI is InChI=1S/C22H18N2O2S/c1-15-7-6-10-19-20(15)23(2)21(16-8-4-3-5-9-16)22(19)27-18-13-11-17(12-14-18)24(25)26/h3-14H,1-2H3. The highest BCUT2D eigenvalue weighted by Crippen LogP contribution is 2.43. The van der Waals surface area contributed by atoms with Crippen LogP contribution in [0.4, 0.5) is 5.69 Å². The summed E-state index contributed by atoms with van der Waals surface area (Å²) in [6.07, 6.45) is 0. The van der Waals surface area contributed by atoms with Gasteiger partial charge < -0.3 is 4.57 Å². The molecule has 4 aromatic rings. The number of non-ortho nitro benzene ring substituents is 1. The summed E-state index contributed by atoms with van der Waals surface area (Å²) in [5, 5.41) is 12.1. The van der Waals surface area contributed by atoms with Crippen molar-refractivity contribution in [1.82, 2.24) is 4.57 Å². The maximum Gasteiger partial charge on any atom is 0.269 e. The van der Waals surface area contributed by atoms with Crippen molar-refractivity contribution in [3.63, 3.8) is 0 Å². The minimum Gasteiger partial charge on any atom is -0.342 e. The molecule has 1 aromatic heterocycles. The summed E-state index contributed by atoms with van der Waals surface area (Å²) in [5.41, 5.74) is 4.85. The minimum absolute atomic E-state index is 0.108. The SMILES string of the molecule is Cc1cccc2c(Sc3ccc([N+](=O)[O-])cc3)c(-c3ccccc3)n(C)c12. The Bertz CT molecular complexity index is 1130. The van der Waals surface area contributed by atoms with E-state index in [4.69, 9.17) is 0 Å². The highest BCUT2D eigenvalue weighted by Gasteiger charge is 2.19. The van der Waals surface area contributed by atoms with Gasteiger partial charge in [0.05, 0.1) is 16.1 Å². The number of hydrogen-bond donors (Lipinski definition) is 0. The fraction of sp³-hybridized carbons (Fsp3) is 0.0909. The van der Waals surface area contributed by atoms with Crippen LogP contribution in [0.5, 0.6) is 0 Å². The Hall–Kier alpha value is -3.05.